The number of morpholine rings is 1. The molecule has 0 spiro atoms. The molecule has 0 N–H and O–H groups in total. The Morgan fingerprint density at radius 3 is 2.81 bits per heavy atom. The molecule has 21 heavy (non-hydrogen) atoms. The lowest BCUT2D eigenvalue weighted by molar-refractivity contribution is 0.0443. The molecule has 2 aromatic rings. The van der Waals surface area contributed by atoms with Crippen LogP contribution in [0.1, 0.15) is 16.1 Å². The van der Waals surface area contributed by atoms with Crippen LogP contribution >= 0.6 is 0 Å². The van der Waals surface area contributed by atoms with Gasteiger partial charge in [0, 0.05) is 31.0 Å². The molecule has 0 unspecified atom stereocenters. The smallest absolute Gasteiger partial charge is 0.153 e. The third-order valence-electron chi connectivity index (χ3n) is 3.88. The second kappa shape index (κ2) is 6.13. The molecule has 0 aliphatic carbocycles. The van der Waals surface area contributed by atoms with Gasteiger partial charge in [-0.25, -0.2) is 0 Å². The van der Waals surface area contributed by atoms with Gasteiger partial charge < -0.3 is 9.30 Å². The minimum absolute atomic E-state index is 0.683. The summed E-state index contributed by atoms with van der Waals surface area (Å²) in [5, 5.41) is 0.964. The van der Waals surface area contributed by atoms with Gasteiger partial charge in [0.2, 0.25) is 0 Å². The number of ether oxygens (including phenoxy) is 1. The normalized spacial score (nSPS) is 15.7. The molecule has 0 saturated carbocycles. The summed E-state index contributed by atoms with van der Waals surface area (Å²) in [6.45, 7) is 4.10. The fourth-order valence-electron chi connectivity index (χ4n) is 2.69. The Hall–Kier alpha value is -2.09. The van der Waals surface area contributed by atoms with Crippen molar-refractivity contribution < 1.29 is 9.53 Å². The van der Waals surface area contributed by atoms with E-state index in [2.05, 4.69) is 16.7 Å². The molecule has 2 heterocycles. The second-order valence-corrected chi connectivity index (χ2v) is 5.15. The summed E-state index contributed by atoms with van der Waals surface area (Å²) in [5.74, 6) is 6.36. The molecule has 0 radical (unpaired) electrons. The average Bonchev–Trinajstić information content (AvgIpc) is 2.81. The van der Waals surface area contributed by atoms with Crippen LogP contribution in [0.2, 0.25) is 0 Å². The fraction of sp³-hybridized carbons (Fsp3) is 0.353. The molecule has 1 aromatic carbocycles. The van der Waals surface area contributed by atoms with E-state index in [0.717, 1.165) is 49.2 Å². The van der Waals surface area contributed by atoms with Gasteiger partial charge in [0.05, 0.1) is 25.3 Å². The van der Waals surface area contributed by atoms with Crippen molar-refractivity contribution in [2.45, 2.75) is 0 Å². The van der Waals surface area contributed by atoms with E-state index in [-0.39, 0.29) is 0 Å². The number of benzene rings is 1. The van der Waals surface area contributed by atoms with Crippen molar-refractivity contribution in [2.75, 3.05) is 32.8 Å². The summed E-state index contributed by atoms with van der Waals surface area (Å²) < 4.78 is 7.31. The number of fused-ring (bicyclic) bond motifs is 1. The van der Waals surface area contributed by atoms with Crippen LogP contribution in [-0.2, 0) is 11.8 Å². The molecule has 3 rings (SSSR count). The van der Waals surface area contributed by atoms with Crippen molar-refractivity contribution in [1.29, 1.82) is 0 Å². The Morgan fingerprint density at radius 1 is 1.29 bits per heavy atom. The van der Waals surface area contributed by atoms with Crippen LogP contribution in [0.5, 0.6) is 0 Å². The third-order valence-corrected chi connectivity index (χ3v) is 3.88. The Morgan fingerprint density at radius 2 is 2.05 bits per heavy atom. The van der Waals surface area contributed by atoms with Crippen molar-refractivity contribution in [3.8, 4) is 11.8 Å². The Labute approximate surface area is 124 Å². The number of hydrogen-bond acceptors (Lipinski definition) is 3. The predicted octanol–water partition coefficient (Wildman–Crippen LogP) is 1.67. The first-order valence-corrected chi connectivity index (χ1v) is 7.13. The van der Waals surface area contributed by atoms with Crippen molar-refractivity contribution in [3.63, 3.8) is 0 Å². The Kier molecular flexibility index (Phi) is 4.05. The zero-order valence-electron chi connectivity index (χ0n) is 12.1. The predicted molar refractivity (Wildman–Crippen MR) is 82.4 cm³/mol. The monoisotopic (exact) mass is 282 g/mol. The van der Waals surface area contributed by atoms with Gasteiger partial charge in [0.15, 0.2) is 6.29 Å². The van der Waals surface area contributed by atoms with E-state index in [9.17, 15) is 4.79 Å². The maximum absolute atomic E-state index is 11.4. The number of nitrogens with zero attached hydrogens (tertiary/aromatic N) is 2. The van der Waals surface area contributed by atoms with Crippen LogP contribution in [0.4, 0.5) is 0 Å². The third kappa shape index (κ3) is 2.71. The Bertz CT molecular complexity index is 715. The summed E-state index contributed by atoms with van der Waals surface area (Å²) in [6.07, 6.45) is 0.904. The van der Waals surface area contributed by atoms with Crippen LogP contribution in [0.3, 0.4) is 0 Å². The molecule has 4 heteroatoms. The number of hydrogen-bond donors (Lipinski definition) is 0. The summed E-state index contributed by atoms with van der Waals surface area (Å²) in [5.41, 5.74) is 2.51. The molecule has 1 saturated heterocycles. The van der Waals surface area contributed by atoms with Gasteiger partial charge in [-0.2, -0.15) is 0 Å². The molecule has 1 fully saturated rings. The molecule has 0 atom stereocenters. The molecule has 1 aliphatic rings. The molecule has 108 valence electrons. The van der Waals surface area contributed by atoms with Gasteiger partial charge in [-0.05, 0) is 12.0 Å². The van der Waals surface area contributed by atoms with Gasteiger partial charge >= 0.3 is 0 Å². The van der Waals surface area contributed by atoms with E-state index in [1.807, 2.05) is 35.9 Å². The lowest BCUT2D eigenvalue weighted by Crippen LogP contribution is -2.36. The summed E-state index contributed by atoms with van der Waals surface area (Å²) in [4.78, 5) is 13.7. The van der Waals surface area contributed by atoms with E-state index in [4.69, 9.17) is 4.74 Å². The lowest BCUT2D eigenvalue weighted by atomic mass is 10.1. The largest absolute Gasteiger partial charge is 0.379 e. The van der Waals surface area contributed by atoms with E-state index >= 15 is 0 Å². The highest BCUT2D eigenvalue weighted by molar-refractivity contribution is 6.00. The number of carbonyl (C=O) groups is 1. The zero-order valence-corrected chi connectivity index (χ0v) is 12.1. The van der Waals surface area contributed by atoms with Crippen molar-refractivity contribution in [1.82, 2.24) is 9.47 Å². The molecule has 0 bridgehead atoms. The van der Waals surface area contributed by atoms with Crippen molar-refractivity contribution in [3.05, 3.63) is 35.5 Å². The van der Waals surface area contributed by atoms with Gasteiger partial charge in [0.25, 0.3) is 0 Å². The molecule has 1 aliphatic heterocycles. The second-order valence-electron chi connectivity index (χ2n) is 5.15. The highest BCUT2D eigenvalue weighted by Gasteiger charge is 2.12. The van der Waals surface area contributed by atoms with E-state index in [1.165, 1.54) is 0 Å². The summed E-state index contributed by atoms with van der Waals surface area (Å²) in [7, 11) is 1.95. The molecule has 1 aromatic heterocycles. The fourth-order valence-corrected chi connectivity index (χ4v) is 2.69. The van der Waals surface area contributed by atoms with E-state index < -0.39 is 0 Å². The quantitative estimate of drug-likeness (QED) is 0.621. The number of para-hydroxylation sites is 1. The number of carbonyl (C=O) groups excluding carboxylic acids is 1. The molecule has 4 nitrogen and oxygen atoms in total. The maximum Gasteiger partial charge on any atom is 0.153 e. The molecular weight excluding hydrogens is 264 g/mol. The minimum atomic E-state index is 0.683. The SMILES string of the molecule is Cn1c(C#CCN2CCOCC2)c(C=O)c2ccccc21. The molecular formula is C17H18N2O2. The first-order chi connectivity index (χ1) is 10.3. The average molecular weight is 282 g/mol. The van der Waals surface area contributed by atoms with Gasteiger partial charge in [-0.15, -0.1) is 0 Å². The number of aryl methyl sites for hydroxylation is 1. The standard InChI is InChI=1S/C17H18N2O2/c1-18-16-6-3-2-5-14(16)15(13-20)17(18)7-4-8-19-9-11-21-12-10-19/h2-3,5-6,13H,8-12H2,1H3. The Balaban J connectivity index is 1.90. The summed E-state index contributed by atoms with van der Waals surface area (Å²) >= 11 is 0. The lowest BCUT2D eigenvalue weighted by Gasteiger charge is -2.24. The number of aromatic nitrogens is 1. The summed E-state index contributed by atoms with van der Waals surface area (Å²) in [6, 6.07) is 7.89. The van der Waals surface area contributed by atoms with Crippen molar-refractivity contribution in [2.24, 2.45) is 7.05 Å². The van der Waals surface area contributed by atoms with Crippen LogP contribution in [-0.4, -0.2) is 48.6 Å². The maximum atomic E-state index is 11.4. The number of aldehydes is 1. The van der Waals surface area contributed by atoms with Crippen LogP contribution in [0.25, 0.3) is 10.9 Å². The van der Waals surface area contributed by atoms with Crippen LogP contribution < -0.4 is 0 Å². The first kappa shape index (κ1) is 13.9. The highest BCUT2D eigenvalue weighted by atomic mass is 16.5. The van der Waals surface area contributed by atoms with Crippen LogP contribution in [0, 0.1) is 11.8 Å². The zero-order chi connectivity index (χ0) is 14.7. The topological polar surface area (TPSA) is 34.5 Å². The molecule has 0 amide bonds. The first-order valence-electron chi connectivity index (χ1n) is 7.13. The highest BCUT2D eigenvalue weighted by Crippen LogP contribution is 2.23. The minimum Gasteiger partial charge on any atom is -0.379 e. The van der Waals surface area contributed by atoms with E-state index in [0.29, 0.717) is 12.1 Å². The van der Waals surface area contributed by atoms with Crippen molar-refractivity contribution >= 4 is 17.2 Å². The van der Waals surface area contributed by atoms with Crippen LogP contribution in [0.15, 0.2) is 24.3 Å². The van der Waals surface area contributed by atoms with Gasteiger partial charge in [0.1, 0.15) is 5.69 Å². The van der Waals surface area contributed by atoms with Gasteiger partial charge in [-0.1, -0.05) is 24.1 Å². The van der Waals surface area contributed by atoms with E-state index in [1.54, 1.807) is 0 Å². The number of rotatable bonds is 2. The van der Waals surface area contributed by atoms with Gasteiger partial charge in [-0.3, -0.25) is 9.69 Å².